The molecule has 0 saturated heterocycles. The molecule has 0 aromatic heterocycles. The van der Waals surface area contributed by atoms with Crippen molar-refractivity contribution in [3.8, 4) is 5.75 Å². The second-order valence-electron chi connectivity index (χ2n) is 4.94. The molecule has 2 aromatic carbocycles. The minimum absolute atomic E-state index is 0.236. The Morgan fingerprint density at radius 1 is 1.18 bits per heavy atom. The molecule has 0 aliphatic carbocycles. The van der Waals surface area contributed by atoms with Crippen LogP contribution in [0.25, 0.3) is 0 Å². The Morgan fingerprint density at radius 2 is 1.82 bits per heavy atom. The molecular weight excluding hydrogens is 285 g/mol. The predicted octanol–water partition coefficient (Wildman–Crippen LogP) is 2.44. The van der Waals surface area contributed by atoms with Gasteiger partial charge in [-0.25, -0.2) is 4.39 Å². The fourth-order valence-corrected chi connectivity index (χ4v) is 1.91. The van der Waals surface area contributed by atoms with E-state index in [1.165, 1.54) is 24.3 Å². The standard InChI is InChI=1S/C17H18FNO3/c1-12(22-15-9-7-14(18)8-10-15)11-19-17(21)16(20)13-5-3-2-4-6-13/h2-10,12,16,20H,11H2,1H3,(H,19,21). The van der Waals surface area contributed by atoms with Gasteiger partial charge in [-0.3, -0.25) is 4.79 Å². The topological polar surface area (TPSA) is 58.6 Å². The Morgan fingerprint density at radius 3 is 2.45 bits per heavy atom. The van der Waals surface area contributed by atoms with E-state index in [1.807, 2.05) is 6.07 Å². The van der Waals surface area contributed by atoms with Gasteiger partial charge in [0.15, 0.2) is 6.10 Å². The molecule has 0 aliphatic heterocycles. The highest BCUT2D eigenvalue weighted by molar-refractivity contribution is 5.81. The van der Waals surface area contributed by atoms with Crippen LogP contribution < -0.4 is 10.1 Å². The highest BCUT2D eigenvalue weighted by atomic mass is 19.1. The van der Waals surface area contributed by atoms with Crippen LogP contribution in [0, 0.1) is 5.82 Å². The third-order valence-electron chi connectivity index (χ3n) is 3.08. The molecule has 0 heterocycles. The number of halogens is 1. The van der Waals surface area contributed by atoms with E-state index in [2.05, 4.69) is 5.32 Å². The second kappa shape index (κ2) is 7.56. The molecule has 116 valence electrons. The summed E-state index contributed by atoms with van der Waals surface area (Å²) in [5, 5.41) is 12.6. The van der Waals surface area contributed by atoms with Crippen molar-refractivity contribution in [1.29, 1.82) is 0 Å². The van der Waals surface area contributed by atoms with Crippen molar-refractivity contribution in [2.45, 2.75) is 19.1 Å². The van der Waals surface area contributed by atoms with Crippen molar-refractivity contribution in [2.24, 2.45) is 0 Å². The lowest BCUT2D eigenvalue weighted by Crippen LogP contribution is -2.36. The minimum atomic E-state index is -1.21. The third-order valence-corrected chi connectivity index (χ3v) is 3.08. The molecule has 22 heavy (non-hydrogen) atoms. The first-order valence-corrected chi connectivity index (χ1v) is 6.99. The molecular formula is C17H18FNO3. The fraction of sp³-hybridized carbons (Fsp3) is 0.235. The molecule has 4 nitrogen and oxygen atoms in total. The van der Waals surface area contributed by atoms with E-state index in [1.54, 1.807) is 31.2 Å². The van der Waals surface area contributed by atoms with Crippen LogP contribution in [0.2, 0.25) is 0 Å². The highest BCUT2D eigenvalue weighted by Gasteiger charge is 2.17. The van der Waals surface area contributed by atoms with Crippen LogP contribution in [0.3, 0.4) is 0 Å². The first kappa shape index (κ1) is 16.0. The largest absolute Gasteiger partial charge is 0.489 e. The lowest BCUT2D eigenvalue weighted by atomic mass is 10.1. The number of rotatable bonds is 6. The van der Waals surface area contributed by atoms with E-state index in [-0.39, 0.29) is 18.5 Å². The van der Waals surface area contributed by atoms with Gasteiger partial charge in [-0.2, -0.15) is 0 Å². The molecule has 1 amide bonds. The van der Waals surface area contributed by atoms with Crippen LogP contribution in [-0.4, -0.2) is 23.7 Å². The van der Waals surface area contributed by atoms with Gasteiger partial charge in [0.25, 0.3) is 5.91 Å². The van der Waals surface area contributed by atoms with Crippen molar-refractivity contribution in [1.82, 2.24) is 5.32 Å². The SMILES string of the molecule is CC(CNC(=O)C(O)c1ccccc1)Oc1ccc(F)cc1. The van der Waals surface area contributed by atoms with Crippen LogP contribution in [0.5, 0.6) is 5.75 Å². The lowest BCUT2D eigenvalue weighted by Gasteiger charge is -2.17. The monoisotopic (exact) mass is 303 g/mol. The summed E-state index contributed by atoms with van der Waals surface area (Å²) in [6.07, 6.45) is -1.52. The molecule has 0 saturated carbocycles. The van der Waals surface area contributed by atoms with Gasteiger partial charge in [-0.15, -0.1) is 0 Å². The van der Waals surface area contributed by atoms with Crippen molar-refractivity contribution in [2.75, 3.05) is 6.54 Å². The number of benzene rings is 2. The van der Waals surface area contributed by atoms with Gasteiger partial charge in [0, 0.05) is 0 Å². The summed E-state index contributed by atoms with van der Waals surface area (Å²) in [4.78, 5) is 11.9. The van der Waals surface area contributed by atoms with Gasteiger partial charge in [-0.05, 0) is 36.8 Å². The summed E-state index contributed by atoms with van der Waals surface area (Å²) in [5.74, 6) is -0.299. The Balaban J connectivity index is 1.81. The average Bonchev–Trinajstić information content (AvgIpc) is 2.55. The zero-order chi connectivity index (χ0) is 15.9. The normalized spacial score (nSPS) is 13.2. The maximum Gasteiger partial charge on any atom is 0.253 e. The van der Waals surface area contributed by atoms with Crippen LogP contribution in [-0.2, 0) is 4.79 Å². The molecule has 2 rings (SSSR count). The van der Waals surface area contributed by atoms with Gasteiger partial charge < -0.3 is 15.2 Å². The van der Waals surface area contributed by atoms with Gasteiger partial charge in [0.2, 0.25) is 0 Å². The summed E-state index contributed by atoms with van der Waals surface area (Å²) >= 11 is 0. The summed E-state index contributed by atoms with van der Waals surface area (Å²) in [6, 6.07) is 14.3. The zero-order valence-electron chi connectivity index (χ0n) is 12.2. The van der Waals surface area contributed by atoms with Crippen LogP contribution in [0.4, 0.5) is 4.39 Å². The van der Waals surface area contributed by atoms with Crippen molar-refractivity contribution in [3.05, 3.63) is 66.0 Å². The van der Waals surface area contributed by atoms with E-state index in [4.69, 9.17) is 4.74 Å². The van der Waals surface area contributed by atoms with E-state index in [9.17, 15) is 14.3 Å². The number of carbonyl (C=O) groups excluding carboxylic acids is 1. The van der Waals surface area contributed by atoms with Gasteiger partial charge >= 0.3 is 0 Å². The molecule has 0 aliphatic rings. The van der Waals surface area contributed by atoms with E-state index in [0.717, 1.165) is 0 Å². The van der Waals surface area contributed by atoms with Crippen molar-refractivity contribution < 1.29 is 19.0 Å². The molecule has 0 radical (unpaired) electrons. The molecule has 2 atom stereocenters. The zero-order valence-corrected chi connectivity index (χ0v) is 12.2. The number of nitrogens with one attached hydrogen (secondary N) is 1. The van der Waals surface area contributed by atoms with Crippen molar-refractivity contribution >= 4 is 5.91 Å². The number of carbonyl (C=O) groups is 1. The summed E-state index contributed by atoms with van der Waals surface area (Å²) in [7, 11) is 0. The second-order valence-corrected chi connectivity index (χ2v) is 4.94. The van der Waals surface area contributed by atoms with Gasteiger partial charge in [-0.1, -0.05) is 30.3 Å². The molecule has 2 N–H and O–H groups in total. The first-order chi connectivity index (χ1) is 10.6. The van der Waals surface area contributed by atoms with Gasteiger partial charge in [0.1, 0.15) is 17.7 Å². The summed E-state index contributed by atoms with van der Waals surface area (Å²) in [5.41, 5.74) is 0.534. The highest BCUT2D eigenvalue weighted by Crippen LogP contribution is 2.14. The Labute approximate surface area is 128 Å². The van der Waals surface area contributed by atoms with Crippen molar-refractivity contribution in [3.63, 3.8) is 0 Å². The lowest BCUT2D eigenvalue weighted by molar-refractivity contribution is -0.129. The fourth-order valence-electron chi connectivity index (χ4n) is 1.91. The van der Waals surface area contributed by atoms with Gasteiger partial charge in [0.05, 0.1) is 6.54 Å². The van der Waals surface area contributed by atoms with Crippen LogP contribution in [0.15, 0.2) is 54.6 Å². The van der Waals surface area contributed by atoms with E-state index in [0.29, 0.717) is 11.3 Å². The van der Waals surface area contributed by atoms with Crippen LogP contribution in [0.1, 0.15) is 18.6 Å². The maximum absolute atomic E-state index is 12.8. The van der Waals surface area contributed by atoms with E-state index < -0.39 is 12.0 Å². The minimum Gasteiger partial charge on any atom is -0.489 e. The molecule has 0 fully saturated rings. The number of aliphatic hydroxyl groups is 1. The first-order valence-electron chi connectivity index (χ1n) is 6.99. The summed E-state index contributed by atoms with van der Waals surface area (Å²) in [6.45, 7) is 2.01. The molecule has 0 bridgehead atoms. The molecule has 5 heteroatoms. The molecule has 2 unspecified atom stereocenters. The number of amides is 1. The maximum atomic E-state index is 12.8. The smallest absolute Gasteiger partial charge is 0.253 e. The number of ether oxygens (including phenoxy) is 1. The number of hydrogen-bond donors (Lipinski definition) is 2. The molecule has 2 aromatic rings. The predicted molar refractivity (Wildman–Crippen MR) is 80.9 cm³/mol. The molecule has 0 spiro atoms. The number of hydrogen-bond acceptors (Lipinski definition) is 3. The average molecular weight is 303 g/mol. The van der Waals surface area contributed by atoms with E-state index >= 15 is 0 Å². The number of aliphatic hydroxyl groups excluding tert-OH is 1. The Bertz CT molecular complexity index is 601. The van der Waals surface area contributed by atoms with Crippen LogP contribution >= 0.6 is 0 Å². The Hall–Kier alpha value is -2.40. The quantitative estimate of drug-likeness (QED) is 0.862. The summed E-state index contributed by atoms with van der Waals surface area (Å²) < 4.78 is 18.3. The third kappa shape index (κ3) is 4.56. The Kier molecular flexibility index (Phi) is 5.49.